The molecule has 0 aromatic carbocycles. The molecule has 0 aliphatic carbocycles. The maximum atomic E-state index is 12.9. The Bertz CT molecular complexity index is 1590. The summed E-state index contributed by atoms with van der Waals surface area (Å²) in [5, 5.41) is 10.5. The Kier molecular flexibility index (Phi) is 52.5. The van der Waals surface area contributed by atoms with Crippen molar-refractivity contribution in [2.45, 2.75) is 317 Å². The summed E-state index contributed by atoms with van der Waals surface area (Å²) < 4.78 is 67.7. The molecule has 0 fully saturated rings. The fraction of sp³-hybridized carbons (Fsp3) is 0.934. The number of rotatable bonds is 60. The van der Waals surface area contributed by atoms with Gasteiger partial charge in [-0.2, -0.15) is 0 Å². The number of phosphoric ester groups is 2. The maximum absolute atomic E-state index is 12.9. The van der Waals surface area contributed by atoms with E-state index < -0.39 is 97.5 Å². The number of unbranched alkanes of at least 4 members (excludes halogenated alkanes) is 28. The predicted molar refractivity (Wildman–Crippen MR) is 317 cm³/mol. The molecule has 0 heterocycles. The first-order chi connectivity index (χ1) is 38.4. The van der Waals surface area contributed by atoms with Crippen LogP contribution in [-0.4, -0.2) is 96.7 Å². The third kappa shape index (κ3) is 52.8. The monoisotopic (exact) mass is 1180 g/mol. The molecule has 0 saturated heterocycles. The molecule has 0 aliphatic rings. The molecule has 0 amide bonds. The summed E-state index contributed by atoms with van der Waals surface area (Å²) in [6.07, 6.45) is 35.0. The van der Waals surface area contributed by atoms with Crippen LogP contribution in [0.2, 0.25) is 0 Å². The van der Waals surface area contributed by atoms with E-state index in [1.165, 1.54) is 109 Å². The van der Waals surface area contributed by atoms with Crippen LogP contribution in [0.4, 0.5) is 0 Å². The normalized spacial score (nSPS) is 15.1. The van der Waals surface area contributed by atoms with E-state index in [0.717, 1.165) is 108 Å². The first kappa shape index (κ1) is 78.1. The fourth-order valence-corrected chi connectivity index (χ4v) is 10.5. The summed E-state index contributed by atoms with van der Waals surface area (Å²) in [6.45, 7) is 9.38. The second-order valence-corrected chi connectivity index (χ2v) is 25.5. The van der Waals surface area contributed by atoms with E-state index in [1.54, 1.807) is 0 Å². The SMILES string of the molecule is CCCCCCCCCCCCCC(=O)O[C@H](COC(=O)CCCCCCC)COP(=O)(O)OC[C@H](O)COP(=O)(O)OC[C@@H](COC(=O)CCCCCCCCCCC(C)CC)OC(=O)CCCCCCCCCCC(C)CC. The molecular formula is C61H118O17P2. The van der Waals surface area contributed by atoms with Crippen LogP contribution in [0.15, 0.2) is 0 Å². The van der Waals surface area contributed by atoms with E-state index in [4.69, 9.17) is 37.0 Å². The van der Waals surface area contributed by atoms with E-state index in [9.17, 15) is 43.2 Å². The largest absolute Gasteiger partial charge is 0.472 e. The highest BCUT2D eigenvalue weighted by molar-refractivity contribution is 7.47. The molecule has 0 aromatic heterocycles. The first-order valence-corrected chi connectivity index (χ1v) is 35.1. The lowest BCUT2D eigenvalue weighted by atomic mass is 9.99. The van der Waals surface area contributed by atoms with E-state index in [2.05, 4.69) is 41.5 Å². The number of ether oxygens (including phenoxy) is 4. The highest BCUT2D eigenvalue weighted by Gasteiger charge is 2.30. The zero-order valence-electron chi connectivity index (χ0n) is 51.4. The number of esters is 4. The Morgan fingerprint density at radius 3 is 0.887 bits per heavy atom. The smallest absolute Gasteiger partial charge is 0.462 e. The van der Waals surface area contributed by atoms with Crippen molar-refractivity contribution < 1.29 is 80.2 Å². The van der Waals surface area contributed by atoms with Crippen molar-refractivity contribution in [3.05, 3.63) is 0 Å². The minimum Gasteiger partial charge on any atom is -0.462 e. The van der Waals surface area contributed by atoms with Crippen LogP contribution in [0.5, 0.6) is 0 Å². The van der Waals surface area contributed by atoms with Crippen LogP contribution in [-0.2, 0) is 65.4 Å². The zero-order valence-corrected chi connectivity index (χ0v) is 53.2. The van der Waals surface area contributed by atoms with Crippen molar-refractivity contribution in [1.82, 2.24) is 0 Å². The fourth-order valence-electron chi connectivity index (χ4n) is 8.94. The standard InChI is InChI=1S/C61H118O17P2/c1-7-11-13-15-16-17-18-19-27-33-39-45-60(65)77-56(49-71-58(63)43-37-29-14-12-8-2)51-75-79(67,68)73-47-55(62)48-74-80(69,70)76-52-57(78-61(66)46-40-34-28-23-21-25-31-36-42-54(6)10-4)50-72-59(64)44-38-32-26-22-20-24-30-35-41-53(5)9-3/h53-57,62H,7-52H2,1-6H3,(H,67,68)(H,69,70)/t53?,54?,55-,56+,57+/m0/s1. The van der Waals surface area contributed by atoms with Gasteiger partial charge < -0.3 is 33.8 Å². The second kappa shape index (κ2) is 53.8. The van der Waals surface area contributed by atoms with Crippen LogP contribution in [0.1, 0.15) is 298 Å². The van der Waals surface area contributed by atoms with Crippen molar-refractivity contribution in [3.8, 4) is 0 Å². The molecular weight excluding hydrogens is 1070 g/mol. The summed E-state index contributed by atoms with van der Waals surface area (Å²) in [5.41, 5.74) is 0. The van der Waals surface area contributed by atoms with Crippen LogP contribution >= 0.6 is 15.6 Å². The van der Waals surface area contributed by atoms with Gasteiger partial charge in [0.1, 0.15) is 19.3 Å². The Labute approximate surface area is 486 Å². The van der Waals surface area contributed by atoms with Crippen molar-refractivity contribution in [1.29, 1.82) is 0 Å². The number of hydrogen-bond donors (Lipinski definition) is 3. The van der Waals surface area contributed by atoms with E-state index >= 15 is 0 Å². The van der Waals surface area contributed by atoms with Gasteiger partial charge in [0.25, 0.3) is 0 Å². The van der Waals surface area contributed by atoms with Crippen molar-refractivity contribution in [2.24, 2.45) is 11.8 Å². The average molecular weight is 1190 g/mol. The number of carbonyl (C=O) groups excluding carboxylic acids is 4. The number of aliphatic hydroxyl groups excluding tert-OH is 1. The van der Waals surface area contributed by atoms with Gasteiger partial charge in [-0.15, -0.1) is 0 Å². The minimum atomic E-state index is -4.94. The van der Waals surface area contributed by atoms with Gasteiger partial charge in [-0.3, -0.25) is 37.3 Å². The molecule has 0 radical (unpaired) electrons. The lowest BCUT2D eigenvalue weighted by Crippen LogP contribution is -2.30. The highest BCUT2D eigenvalue weighted by Crippen LogP contribution is 2.45. The molecule has 0 spiro atoms. The second-order valence-electron chi connectivity index (χ2n) is 22.6. The minimum absolute atomic E-state index is 0.104. The molecule has 0 aliphatic heterocycles. The van der Waals surface area contributed by atoms with Gasteiger partial charge in [-0.25, -0.2) is 9.13 Å². The topological polar surface area (TPSA) is 237 Å². The molecule has 0 aromatic rings. The summed E-state index contributed by atoms with van der Waals surface area (Å²) in [5.74, 6) is -0.602. The summed E-state index contributed by atoms with van der Waals surface area (Å²) in [6, 6.07) is 0. The van der Waals surface area contributed by atoms with Gasteiger partial charge in [-0.05, 0) is 37.5 Å². The summed E-state index contributed by atoms with van der Waals surface area (Å²) >= 11 is 0. The van der Waals surface area contributed by atoms with Gasteiger partial charge >= 0.3 is 39.5 Å². The molecule has 3 N–H and O–H groups in total. The van der Waals surface area contributed by atoms with Crippen LogP contribution in [0, 0.1) is 11.8 Å². The van der Waals surface area contributed by atoms with Crippen molar-refractivity contribution >= 4 is 39.5 Å². The van der Waals surface area contributed by atoms with Crippen LogP contribution < -0.4 is 0 Å². The molecule has 19 heteroatoms. The number of carbonyl (C=O) groups is 4. The van der Waals surface area contributed by atoms with Crippen LogP contribution in [0.3, 0.4) is 0 Å². The molecule has 0 saturated carbocycles. The van der Waals surface area contributed by atoms with Gasteiger partial charge in [0.05, 0.1) is 26.4 Å². The van der Waals surface area contributed by atoms with E-state index in [1.807, 2.05) is 0 Å². The molecule has 4 unspecified atom stereocenters. The quantitative estimate of drug-likeness (QED) is 0.0222. The van der Waals surface area contributed by atoms with Crippen LogP contribution in [0.25, 0.3) is 0 Å². The van der Waals surface area contributed by atoms with Gasteiger partial charge in [0.2, 0.25) is 0 Å². The lowest BCUT2D eigenvalue weighted by molar-refractivity contribution is -0.161. The summed E-state index contributed by atoms with van der Waals surface area (Å²) in [4.78, 5) is 71.8. The Balaban J connectivity index is 5.20. The van der Waals surface area contributed by atoms with E-state index in [0.29, 0.717) is 25.7 Å². The lowest BCUT2D eigenvalue weighted by Gasteiger charge is -2.21. The average Bonchev–Trinajstić information content (AvgIpc) is 3.43. The molecule has 17 nitrogen and oxygen atoms in total. The third-order valence-electron chi connectivity index (χ3n) is 14.7. The molecule has 474 valence electrons. The third-order valence-corrected chi connectivity index (χ3v) is 16.6. The Morgan fingerprint density at radius 1 is 0.350 bits per heavy atom. The first-order valence-electron chi connectivity index (χ1n) is 32.1. The maximum Gasteiger partial charge on any atom is 0.472 e. The number of phosphoric acid groups is 2. The zero-order chi connectivity index (χ0) is 59.4. The molecule has 0 bridgehead atoms. The van der Waals surface area contributed by atoms with Crippen molar-refractivity contribution in [2.75, 3.05) is 39.6 Å². The van der Waals surface area contributed by atoms with Gasteiger partial charge in [-0.1, -0.05) is 247 Å². The summed E-state index contributed by atoms with van der Waals surface area (Å²) in [7, 11) is -9.87. The van der Waals surface area contributed by atoms with Gasteiger partial charge in [0.15, 0.2) is 12.2 Å². The number of hydrogen-bond acceptors (Lipinski definition) is 15. The predicted octanol–water partition coefficient (Wildman–Crippen LogP) is 16.5. The molecule has 80 heavy (non-hydrogen) atoms. The number of aliphatic hydroxyl groups is 1. The molecule has 0 rings (SSSR count). The molecule has 7 atom stereocenters. The Hall–Kier alpha value is -1.94. The van der Waals surface area contributed by atoms with Gasteiger partial charge in [0, 0.05) is 25.7 Å². The Morgan fingerprint density at radius 2 is 0.600 bits per heavy atom. The van der Waals surface area contributed by atoms with Crippen molar-refractivity contribution in [3.63, 3.8) is 0 Å². The highest BCUT2D eigenvalue weighted by atomic mass is 31.2. The van der Waals surface area contributed by atoms with E-state index in [-0.39, 0.29) is 25.7 Å².